The third-order valence-electron chi connectivity index (χ3n) is 2.68. The van der Waals surface area contributed by atoms with Crippen LogP contribution in [0.4, 0.5) is 0 Å². The van der Waals surface area contributed by atoms with E-state index in [9.17, 15) is 0 Å². The molecule has 0 atom stereocenters. The van der Waals surface area contributed by atoms with Gasteiger partial charge in [-0.15, -0.1) is 0 Å². The van der Waals surface area contributed by atoms with Crippen LogP contribution in [0.3, 0.4) is 0 Å². The van der Waals surface area contributed by atoms with Crippen LogP contribution in [0.5, 0.6) is 0 Å². The van der Waals surface area contributed by atoms with Gasteiger partial charge in [0.25, 0.3) is 0 Å². The van der Waals surface area contributed by atoms with Crippen molar-refractivity contribution in [2.75, 3.05) is 19.6 Å². The molecule has 2 heterocycles. The molecule has 6 heteroatoms. The smallest absolute Gasteiger partial charge is 0.223 e. The zero-order chi connectivity index (χ0) is 12.1. The summed E-state index contributed by atoms with van der Waals surface area (Å²) in [6.07, 6.45) is 2.48. The first-order chi connectivity index (χ1) is 8.29. The minimum absolute atomic E-state index is 0.468. The molecule has 0 radical (unpaired) electrons. The number of guanidine groups is 1. The first-order valence-electron chi connectivity index (χ1n) is 6.12. The van der Waals surface area contributed by atoms with Crippen molar-refractivity contribution in [1.82, 2.24) is 20.4 Å². The fraction of sp³-hybridized carbons (Fsp3) is 0.727. The molecule has 0 amide bonds. The number of likely N-dealkylation sites (tertiary alicyclic amines) is 1. The lowest BCUT2D eigenvalue weighted by Crippen LogP contribution is -2.39. The molecule has 0 aliphatic carbocycles. The van der Waals surface area contributed by atoms with Gasteiger partial charge in [-0.05, 0) is 19.8 Å². The summed E-state index contributed by atoms with van der Waals surface area (Å²) in [7, 11) is 0. The van der Waals surface area contributed by atoms with Gasteiger partial charge in [0.05, 0.1) is 0 Å². The van der Waals surface area contributed by atoms with Crippen molar-refractivity contribution < 1.29 is 4.52 Å². The second-order valence-corrected chi connectivity index (χ2v) is 4.09. The van der Waals surface area contributed by atoms with Crippen molar-refractivity contribution in [1.29, 1.82) is 0 Å². The third-order valence-corrected chi connectivity index (χ3v) is 2.68. The SMILES string of the molecule is CCNC(=NCc1noc(C)n1)N1CCCC1. The van der Waals surface area contributed by atoms with E-state index in [4.69, 9.17) is 4.52 Å². The lowest BCUT2D eigenvalue weighted by molar-refractivity contribution is 0.387. The van der Waals surface area contributed by atoms with E-state index in [-0.39, 0.29) is 0 Å². The Balaban J connectivity index is 1.99. The molecule has 1 aliphatic heterocycles. The Kier molecular flexibility index (Phi) is 3.95. The van der Waals surface area contributed by atoms with Crippen molar-refractivity contribution >= 4 is 5.96 Å². The summed E-state index contributed by atoms with van der Waals surface area (Å²) in [4.78, 5) is 10.9. The van der Waals surface area contributed by atoms with E-state index in [1.54, 1.807) is 6.92 Å². The van der Waals surface area contributed by atoms with E-state index in [1.807, 2.05) is 0 Å². The average Bonchev–Trinajstić information content (AvgIpc) is 2.95. The van der Waals surface area contributed by atoms with Crippen molar-refractivity contribution in [2.24, 2.45) is 4.99 Å². The van der Waals surface area contributed by atoms with Gasteiger partial charge in [0.1, 0.15) is 6.54 Å². The first kappa shape index (κ1) is 11.9. The molecule has 94 valence electrons. The van der Waals surface area contributed by atoms with Crippen LogP contribution < -0.4 is 5.32 Å². The molecule has 0 saturated carbocycles. The predicted molar refractivity (Wildman–Crippen MR) is 64.7 cm³/mol. The largest absolute Gasteiger partial charge is 0.357 e. The molecule has 1 saturated heterocycles. The molecule has 0 bridgehead atoms. The monoisotopic (exact) mass is 237 g/mol. The lowest BCUT2D eigenvalue weighted by atomic mass is 10.4. The van der Waals surface area contributed by atoms with Crippen molar-refractivity contribution in [3.05, 3.63) is 11.7 Å². The van der Waals surface area contributed by atoms with Crippen LogP contribution in [-0.4, -0.2) is 40.6 Å². The van der Waals surface area contributed by atoms with E-state index in [0.29, 0.717) is 18.3 Å². The van der Waals surface area contributed by atoms with Gasteiger partial charge in [0, 0.05) is 26.6 Å². The molecule has 1 N–H and O–H groups in total. The molecular weight excluding hydrogens is 218 g/mol. The van der Waals surface area contributed by atoms with E-state index < -0.39 is 0 Å². The molecule has 1 aromatic rings. The van der Waals surface area contributed by atoms with Crippen LogP contribution in [0, 0.1) is 6.92 Å². The Morgan fingerprint density at radius 2 is 2.24 bits per heavy atom. The number of aliphatic imine (C=N–C) groups is 1. The van der Waals surface area contributed by atoms with Gasteiger partial charge in [-0.3, -0.25) is 0 Å². The van der Waals surface area contributed by atoms with Gasteiger partial charge in [-0.2, -0.15) is 4.98 Å². The number of rotatable bonds is 3. The maximum absolute atomic E-state index is 4.92. The zero-order valence-electron chi connectivity index (χ0n) is 10.4. The highest BCUT2D eigenvalue weighted by Gasteiger charge is 2.15. The molecule has 17 heavy (non-hydrogen) atoms. The van der Waals surface area contributed by atoms with Gasteiger partial charge in [-0.25, -0.2) is 4.99 Å². The van der Waals surface area contributed by atoms with E-state index in [2.05, 4.69) is 32.3 Å². The highest BCUT2D eigenvalue weighted by molar-refractivity contribution is 5.80. The maximum Gasteiger partial charge on any atom is 0.223 e. The summed E-state index contributed by atoms with van der Waals surface area (Å²) in [5.41, 5.74) is 0. The van der Waals surface area contributed by atoms with Crippen LogP contribution in [0.25, 0.3) is 0 Å². The van der Waals surface area contributed by atoms with Crippen LogP contribution in [0.1, 0.15) is 31.5 Å². The van der Waals surface area contributed by atoms with E-state index in [1.165, 1.54) is 12.8 Å². The van der Waals surface area contributed by atoms with E-state index in [0.717, 1.165) is 25.6 Å². The molecule has 6 nitrogen and oxygen atoms in total. The number of nitrogens with one attached hydrogen (secondary N) is 1. The second-order valence-electron chi connectivity index (χ2n) is 4.09. The highest BCUT2D eigenvalue weighted by atomic mass is 16.5. The molecule has 1 aromatic heterocycles. The minimum atomic E-state index is 0.468. The van der Waals surface area contributed by atoms with Crippen LogP contribution in [0.15, 0.2) is 9.52 Å². The standard InChI is InChI=1S/C11H19N5O/c1-3-12-11(16-6-4-5-7-16)13-8-10-14-9(2)17-15-10/h3-8H2,1-2H3,(H,12,13). The number of hydrogen-bond acceptors (Lipinski definition) is 4. The fourth-order valence-electron chi connectivity index (χ4n) is 1.91. The fourth-order valence-corrected chi connectivity index (χ4v) is 1.91. The molecule has 0 aromatic carbocycles. The molecular formula is C11H19N5O. The van der Waals surface area contributed by atoms with Crippen LogP contribution in [0.2, 0.25) is 0 Å². The quantitative estimate of drug-likeness (QED) is 0.626. The Morgan fingerprint density at radius 3 is 2.82 bits per heavy atom. The number of aryl methyl sites for hydroxylation is 1. The molecule has 0 spiro atoms. The topological polar surface area (TPSA) is 66.5 Å². The van der Waals surface area contributed by atoms with Crippen molar-refractivity contribution in [3.8, 4) is 0 Å². The van der Waals surface area contributed by atoms with Crippen molar-refractivity contribution in [2.45, 2.75) is 33.2 Å². The van der Waals surface area contributed by atoms with Crippen LogP contribution >= 0.6 is 0 Å². The van der Waals surface area contributed by atoms with Crippen molar-refractivity contribution in [3.63, 3.8) is 0 Å². The maximum atomic E-state index is 4.92. The summed E-state index contributed by atoms with van der Waals surface area (Å²) < 4.78 is 4.92. The van der Waals surface area contributed by atoms with Gasteiger partial charge >= 0.3 is 0 Å². The Bertz CT molecular complexity index is 381. The number of nitrogens with zero attached hydrogens (tertiary/aromatic N) is 4. The molecule has 2 rings (SSSR count). The molecule has 1 fully saturated rings. The summed E-state index contributed by atoms with van der Waals surface area (Å²) in [6.45, 7) is 7.36. The second kappa shape index (κ2) is 5.65. The Hall–Kier alpha value is -1.59. The normalized spacial score (nSPS) is 16.6. The summed E-state index contributed by atoms with van der Waals surface area (Å²) >= 11 is 0. The molecule has 0 unspecified atom stereocenters. The van der Waals surface area contributed by atoms with Gasteiger partial charge in [-0.1, -0.05) is 5.16 Å². The van der Waals surface area contributed by atoms with Gasteiger partial charge < -0.3 is 14.7 Å². The van der Waals surface area contributed by atoms with Gasteiger partial charge in [0.2, 0.25) is 5.89 Å². The summed E-state index contributed by atoms with van der Waals surface area (Å²) in [5, 5.41) is 7.13. The Labute approximate surface area is 101 Å². The average molecular weight is 237 g/mol. The van der Waals surface area contributed by atoms with Gasteiger partial charge in [0.15, 0.2) is 11.8 Å². The third kappa shape index (κ3) is 3.18. The van der Waals surface area contributed by atoms with E-state index >= 15 is 0 Å². The zero-order valence-corrected chi connectivity index (χ0v) is 10.4. The number of aromatic nitrogens is 2. The lowest BCUT2D eigenvalue weighted by Gasteiger charge is -2.20. The molecule has 1 aliphatic rings. The predicted octanol–water partition coefficient (Wildman–Crippen LogP) is 0.939. The highest BCUT2D eigenvalue weighted by Crippen LogP contribution is 2.08. The Morgan fingerprint density at radius 1 is 1.47 bits per heavy atom. The summed E-state index contributed by atoms with van der Waals surface area (Å²) in [5.74, 6) is 2.17. The minimum Gasteiger partial charge on any atom is -0.357 e. The van der Waals surface area contributed by atoms with Crippen LogP contribution in [-0.2, 0) is 6.54 Å². The number of hydrogen-bond donors (Lipinski definition) is 1. The summed E-state index contributed by atoms with van der Waals surface area (Å²) in [6, 6.07) is 0. The first-order valence-corrected chi connectivity index (χ1v) is 6.12.